The van der Waals surface area contributed by atoms with Crippen molar-refractivity contribution < 1.29 is 12.8 Å². The van der Waals surface area contributed by atoms with Crippen molar-refractivity contribution in [3.05, 3.63) is 46.4 Å². The molecule has 0 aliphatic carbocycles. The quantitative estimate of drug-likeness (QED) is 0.891. The Kier molecular flexibility index (Phi) is 4.18. The molecule has 102 valence electrons. The Hall–Kier alpha value is -1.44. The van der Waals surface area contributed by atoms with Crippen LogP contribution < -0.4 is 10.0 Å². The molecule has 0 aliphatic rings. The summed E-state index contributed by atoms with van der Waals surface area (Å²) in [6.07, 6.45) is 0. The standard InChI is InChI=1S/C12H13FN2O2S2/c1-14-7-11-6-12(8-18-11)19(16,17)15-10-4-2-3-9(13)5-10/h2-6,8,14-15H,7H2,1H3. The first-order chi connectivity index (χ1) is 9.01. The number of thiophene rings is 1. The molecule has 0 saturated heterocycles. The van der Waals surface area contributed by atoms with Crippen LogP contribution in [0.5, 0.6) is 0 Å². The van der Waals surface area contributed by atoms with Crippen LogP contribution in [0.3, 0.4) is 0 Å². The van der Waals surface area contributed by atoms with Crippen LogP contribution in [0, 0.1) is 5.82 Å². The Morgan fingerprint density at radius 1 is 1.32 bits per heavy atom. The predicted octanol–water partition coefficient (Wildman–Crippen LogP) is 2.41. The third kappa shape index (κ3) is 3.52. The van der Waals surface area contributed by atoms with Gasteiger partial charge in [0.15, 0.2) is 0 Å². The van der Waals surface area contributed by atoms with Crippen LogP contribution in [0.15, 0.2) is 40.6 Å². The van der Waals surface area contributed by atoms with E-state index in [2.05, 4.69) is 10.0 Å². The molecule has 1 aromatic carbocycles. The fourth-order valence-corrected chi connectivity index (χ4v) is 3.87. The molecule has 0 spiro atoms. The van der Waals surface area contributed by atoms with Crippen molar-refractivity contribution in [3.63, 3.8) is 0 Å². The first-order valence-corrected chi connectivity index (χ1v) is 7.88. The van der Waals surface area contributed by atoms with E-state index in [1.807, 2.05) is 0 Å². The first-order valence-electron chi connectivity index (χ1n) is 5.51. The molecule has 0 aliphatic heterocycles. The Labute approximate surface area is 115 Å². The molecule has 0 atom stereocenters. The smallest absolute Gasteiger partial charge is 0.262 e. The molecular weight excluding hydrogens is 287 g/mol. The minimum atomic E-state index is -3.66. The van der Waals surface area contributed by atoms with Crippen molar-refractivity contribution in [1.29, 1.82) is 0 Å². The van der Waals surface area contributed by atoms with Crippen LogP contribution in [0.1, 0.15) is 4.88 Å². The molecule has 4 nitrogen and oxygen atoms in total. The van der Waals surface area contributed by atoms with E-state index in [-0.39, 0.29) is 10.6 Å². The highest BCUT2D eigenvalue weighted by molar-refractivity contribution is 7.92. The minimum Gasteiger partial charge on any atom is -0.315 e. The molecule has 0 fully saturated rings. The fraction of sp³-hybridized carbons (Fsp3) is 0.167. The van der Waals surface area contributed by atoms with Gasteiger partial charge < -0.3 is 5.32 Å². The average Bonchev–Trinajstić information content (AvgIpc) is 2.78. The van der Waals surface area contributed by atoms with Gasteiger partial charge in [-0.1, -0.05) is 6.07 Å². The summed E-state index contributed by atoms with van der Waals surface area (Å²) in [6, 6.07) is 6.95. The number of sulfonamides is 1. The molecule has 0 bridgehead atoms. The number of halogens is 1. The lowest BCUT2D eigenvalue weighted by Gasteiger charge is -2.06. The highest BCUT2D eigenvalue weighted by atomic mass is 32.2. The lowest BCUT2D eigenvalue weighted by atomic mass is 10.3. The molecule has 0 radical (unpaired) electrons. The molecule has 2 aromatic rings. The summed E-state index contributed by atoms with van der Waals surface area (Å²) in [6.45, 7) is 0.611. The lowest BCUT2D eigenvalue weighted by molar-refractivity contribution is 0.601. The van der Waals surface area contributed by atoms with E-state index in [9.17, 15) is 12.8 Å². The van der Waals surface area contributed by atoms with Gasteiger partial charge in [-0.15, -0.1) is 11.3 Å². The number of rotatable bonds is 5. The maximum absolute atomic E-state index is 13.0. The van der Waals surface area contributed by atoms with Crippen molar-refractivity contribution in [3.8, 4) is 0 Å². The molecule has 19 heavy (non-hydrogen) atoms. The largest absolute Gasteiger partial charge is 0.315 e. The van der Waals surface area contributed by atoms with Gasteiger partial charge in [0.2, 0.25) is 0 Å². The monoisotopic (exact) mass is 300 g/mol. The summed E-state index contributed by atoms with van der Waals surface area (Å²) in [4.78, 5) is 1.11. The summed E-state index contributed by atoms with van der Waals surface area (Å²) >= 11 is 1.36. The van der Waals surface area contributed by atoms with Crippen molar-refractivity contribution in [1.82, 2.24) is 5.32 Å². The van der Waals surface area contributed by atoms with E-state index >= 15 is 0 Å². The van der Waals surface area contributed by atoms with Crippen LogP contribution in [-0.4, -0.2) is 15.5 Å². The van der Waals surface area contributed by atoms with Crippen LogP contribution in [0.4, 0.5) is 10.1 Å². The summed E-state index contributed by atoms with van der Waals surface area (Å²) < 4.78 is 39.5. The highest BCUT2D eigenvalue weighted by Gasteiger charge is 2.16. The second-order valence-corrected chi connectivity index (χ2v) is 6.57. The molecular formula is C12H13FN2O2S2. The minimum absolute atomic E-state index is 0.187. The number of anilines is 1. The fourth-order valence-electron chi connectivity index (χ4n) is 1.53. The van der Waals surface area contributed by atoms with Crippen LogP contribution >= 0.6 is 11.3 Å². The topological polar surface area (TPSA) is 58.2 Å². The second kappa shape index (κ2) is 5.68. The summed E-state index contributed by atoms with van der Waals surface area (Å²) in [5, 5.41) is 4.52. The van der Waals surface area contributed by atoms with Gasteiger partial charge in [-0.2, -0.15) is 0 Å². The SMILES string of the molecule is CNCc1cc(S(=O)(=O)Nc2cccc(F)c2)cs1. The number of hydrogen-bond donors (Lipinski definition) is 2. The van der Waals surface area contributed by atoms with Crippen LogP contribution in [0.2, 0.25) is 0 Å². The van der Waals surface area contributed by atoms with Gasteiger partial charge >= 0.3 is 0 Å². The Morgan fingerprint density at radius 3 is 2.79 bits per heavy atom. The van der Waals surface area contributed by atoms with E-state index in [0.29, 0.717) is 6.54 Å². The van der Waals surface area contributed by atoms with E-state index in [1.54, 1.807) is 18.5 Å². The van der Waals surface area contributed by atoms with E-state index in [0.717, 1.165) is 10.9 Å². The molecule has 7 heteroatoms. The predicted molar refractivity (Wildman–Crippen MR) is 74.3 cm³/mol. The molecule has 0 saturated carbocycles. The van der Waals surface area contributed by atoms with Gasteiger partial charge in [-0.05, 0) is 31.3 Å². The number of benzene rings is 1. The molecule has 2 N–H and O–H groups in total. The highest BCUT2D eigenvalue weighted by Crippen LogP contribution is 2.22. The van der Waals surface area contributed by atoms with Crippen LogP contribution in [0.25, 0.3) is 0 Å². The van der Waals surface area contributed by atoms with Crippen molar-refractivity contribution in [2.24, 2.45) is 0 Å². The summed E-state index contributed by atoms with van der Waals surface area (Å²) in [7, 11) is -1.87. The van der Waals surface area contributed by atoms with E-state index in [4.69, 9.17) is 0 Å². The molecule has 1 heterocycles. The van der Waals surface area contributed by atoms with E-state index < -0.39 is 15.8 Å². The maximum Gasteiger partial charge on any atom is 0.262 e. The van der Waals surface area contributed by atoms with Crippen molar-refractivity contribution in [2.45, 2.75) is 11.4 Å². The normalized spacial score (nSPS) is 11.5. The Bertz CT molecular complexity index is 668. The molecule has 0 unspecified atom stereocenters. The molecule has 2 rings (SSSR count). The molecule has 0 amide bonds. The lowest BCUT2D eigenvalue weighted by Crippen LogP contribution is -2.12. The first kappa shape index (κ1) is 14.0. The zero-order chi connectivity index (χ0) is 13.9. The molecule has 1 aromatic heterocycles. The van der Waals surface area contributed by atoms with Gasteiger partial charge in [0.1, 0.15) is 5.82 Å². The second-order valence-electron chi connectivity index (χ2n) is 3.89. The Balaban J connectivity index is 2.22. The Morgan fingerprint density at radius 2 is 2.11 bits per heavy atom. The van der Waals surface area contributed by atoms with Gasteiger partial charge in [0, 0.05) is 16.8 Å². The third-order valence-corrected chi connectivity index (χ3v) is 4.81. The summed E-state index contributed by atoms with van der Waals surface area (Å²) in [5.41, 5.74) is 0.210. The van der Waals surface area contributed by atoms with E-state index in [1.165, 1.54) is 29.5 Å². The number of nitrogens with one attached hydrogen (secondary N) is 2. The summed E-state index contributed by atoms with van der Waals surface area (Å²) in [5.74, 6) is -0.485. The van der Waals surface area contributed by atoms with Crippen LogP contribution in [-0.2, 0) is 16.6 Å². The third-order valence-electron chi connectivity index (χ3n) is 2.37. The number of hydrogen-bond acceptors (Lipinski definition) is 4. The van der Waals surface area contributed by atoms with Crippen molar-refractivity contribution in [2.75, 3.05) is 11.8 Å². The zero-order valence-corrected chi connectivity index (χ0v) is 11.8. The van der Waals surface area contributed by atoms with Gasteiger partial charge in [-0.25, -0.2) is 12.8 Å². The zero-order valence-electron chi connectivity index (χ0n) is 10.2. The maximum atomic E-state index is 13.0. The van der Waals surface area contributed by atoms with Gasteiger partial charge in [0.05, 0.1) is 10.6 Å². The van der Waals surface area contributed by atoms with Gasteiger partial charge in [0.25, 0.3) is 10.0 Å². The van der Waals surface area contributed by atoms with Crippen molar-refractivity contribution >= 4 is 27.0 Å². The average molecular weight is 300 g/mol. The van der Waals surface area contributed by atoms with Gasteiger partial charge in [-0.3, -0.25) is 4.72 Å².